The van der Waals surface area contributed by atoms with Gasteiger partial charge in [-0.25, -0.2) is 14.4 Å². The summed E-state index contributed by atoms with van der Waals surface area (Å²) >= 11 is 0. The molecule has 2 fully saturated rings. The molecule has 3 aliphatic carbocycles. The molecular weight excluding hydrogens is 620 g/mol. The Morgan fingerprint density at radius 1 is 0.957 bits per heavy atom. The van der Waals surface area contributed by atoms with Crippen LogP contribution in [0.2, 0.25) is 0 Å². The fraction of sp³-hybridized carbons (Fsp3) is 0.697. The van der Waals surface area contributed by atoms with E-state index in [0.29, 0.717) is 5.57 Å². The highest BCUT2D eigenvalue weighted by Gasteiger charge is 2.76. The Balaban J connectivity index is 2.04. The highest BCUT2D eigenvalue weighted by atomic mass is 16.8. The summed E-state index contributed by atoms with van der Waals surface area (Å²) in [6.45, 7) is 16.1. The maximum Gasteiger partial charge on any atom is 0.509 e. The lowest BCUT2D eigenvalue weighted by Crippen LogP contribution is -2.73. The van der Waals surface area contributed by atoms with E-state index in [1.54, 1.807) is 62.3 Å². The molecule has 0 aromatic carbocycles. The van der Waals surface area contributed by atoms with Crippen LogP contribution in [0.15, 0.2) is 23.3 Å². The SMILES string of the molecule is CC(=O)OC[C@]1(O)C(=O)C=C[C@@]2(C)C(=O)[C@H](OC(=O)OC(C)(C)C)C3=C(C)[C@@H](OC(=O)OC(C)(C)C)C[C@]4(OC(=O)O[C@H]4[C@@H]21)C3(C)C. The second-order valence-corrected chi connectivity index (χ2v) is 15.3. The topological polar surface area (TPSA) is 187 Å². The summed E-state index contributed by atoms with van der Waals surface area (Å²) in [4.78, 5) is 79.8. The van der Waals surface area contributed by atoms with Crippen LogP contribution in [-0.2, 0) is 47.5 Å². The molecule has 47 heavy (non-hydrogen) atoms. The van der Waals surface area contributed by atoms with Gasteiger partial charge >= 0.3 is 24.4 Å². The molecule has 1 heterocycles. The Morgan fingerprint density at radius 3 is 2.04 bits per heavy atom. The van der Waals surface area contributed by atoms with Crippen molar-refractivity contribution < 1.29 is 67.0 Å². The molecule has 1 spiro atoms. The molecule has 1 N–H and O–H groups in total. The lowest BCUT2D eigenvalue weighted by atomic mass is 9.47. The van der Waals surface area contributed by atoms with Crippen molar-refractivity contribution in [3.8, 4) is 0 Å². The van der Waals surface area contributed by atoms with Crippen molar-refractivity contribution in [2.75, 3.05) is 6.61 Å². The van der Waals surface area contributed by atoms with Crippen LogP contribution in [-0.4, -0.2) is 88.4 Å². The highest BCUT2D eigenvalue weighted by molar-refractivity contribution is 6.04. The minimum absolute atomic E-state index is 0.130. The van der Waals surface area contributed by atoms with E-state index in [-0.39, 0.29) is 12.0 Å². The molecular formula is C33H44O14. The first-order chi connectivity index (χ1) is 21.3. The molecule has 1 aliphatic heterocycles. The van der Waals surface area contributed by atoms with Crippen LogP contribution in [0.25, 0.3) is 0 Å². The summed E-state index contributed by atoms with van der Waals surface area (Å²) < 4.78 is 39.3. The third-order valence-electron chi connectivity index (χ3n) is 9.31. The molecule has 0 amide bonds. The zero-order valence-corrected chi connectivity index (χ0v) is 28.6. The number of aliphatic hydroxyl groups is 1. The van der Waals surface area contributed by atoms with E-state index in [0.717, 1.165) is 13.0 Å². The lowest BCUT2D eigenvalue weighted by molar-refractivity contribution is -0.201. The summed E-state index contributed by atoms with van der Waals surface area (Å²) in [5, 5.41) is 12.2. The van der Waals surface area contributed by atoms with Gasteiger partial charge in [-0.15, -0.1) is 0 Å². The quantitative estimate of drug-likeness (QED) is 0.255. The average molecular weight is 665 g/mol. The molecule has 0 aromatic rings. The van der Waals surface area contributed by atoms with Gasteiger partial charge in [0.05, 0.1) is 11.3 Å². The highest BCUT2D eigenvalue weighted by Crippen LogP contribution is 2.63. The fourth-order valence-electron chi connectivity index (χ4n) is 7.26. The number of hydrogen-bond acceptors (Lipinski definition) is 14. The number of ether oxygens (including phenoxy) is 7. The van der Waals surface area contributed by atoms with E-state index in [9.17, 15) is 33.9 Å². The van der Waals surface area contributed by atoms with Crippen molar-refractivity contribution in [3.05, 3.63) is 23.3 Å². The lowest BCUT2D eigenvalue weighted by Gasteiger charge is -2.59. The van der Waals surface area contributed by atoms with E-state index < -0.39 is 100 Å². The Labute approximate surface area is 273 Å². The molecule has 0 radical (unpaired) electrons. The Kier molecular flexibility index (Phi) is 8.67. The van der Waals surface area contributed by atoms with Crippen molar-refractivity contribution in [2.45, 2.75) is 123 Å². The van der Waals surface area contributed by atoms with E-state index in [4.69, 9.17) is 33.2 Å². The molecule has 1 saturated carbocycles. The molecule has 14 nitrogen and oxygen atoms in total. The predicted molar refractivity (Wildman–Crippen MR) is 160 cm³/mol. The van der Waals surface area contributed by atoms with Crippen molar-refractivity contribution in [1.82, 2.24) is 0 Å². The number of esters is 1. The Morgan fingerprint density at radius 2 is 1.51 bits per heavy atom. The first-order valence-corrected chi connectivity index (χ1v) is 15.3. The zero-order valence-electron chi connectivity index (χ0n) is 28.6. The van der Waals surface area contributed by atoms with Gasteiger partial charge in [-0.1, -0.05) is 19.9 Å². The number of carbonyl (C=O) groups excluding carboxylic acids is 6. The van der Waals surface area contributed by atoms with Crippen LogP contribution >= 0.6 is 0 Å². The molecule has 7 atom stereocenters. The zero-order chi connectivity index (χ0) is 35.7. The molecule has 1 saturated heterocycles. The number of Topliss-reactive ketones (excluding diaryl/α,β-unsaturated/α-hetero) is 1. The number of hydrogen-bond donors (Lipinski definition) is 1. The van der Waals surface area contributed by atoms with E-state index in [1.807, 2.05) is 0 Å². The number of allylic oxidation sites excluding steroid dienone is 1. The molecule has 4 aliphatic rings. The van der Waals surface area contributed by atoms with Crippen LogP contribution < -0.4 is 0 Å². The maximum atomic E-state index is 14.9. The normalized spacial score (nSPS) is 34.5. The molecule has 260 valence electrons. The minimum atomic E-state index is -2.63. The number of carbonyl (C=O) groups is 6. The van der Waals surface area contributed by atoms with E-state index >= 15 is 0 Å². The van der Waals surface area contributed by atoms with Gasteiger partial charge in [0.2, 0.25) is 0 Å². The second-order valence-electron chi connectivity index (χ2n) is 15.3. The summed E-state index contributed by atoms with van der Waals surface area (Å²) in [6.07, 6.45) is -6.09. The van der Waals surface area contributed by atoms with Gasteiger partial charge in [0.1, 0.15) is 23.9 Å². The number of fused-ring (bicyclic) bond motifs is 3. The predicted octanol–water partition coefficient (Wildman–Crippen LogP) is 4.29. The first kappa shape index (κ1) is 35.9. The summed E-state index contributed by atoms with van der Waals surface area (Å²) in [5.41, 5.74) is -9.36. The number of rotatable bonds is 4. The summed E-state index contributed by atoms with van der Waals surface area (Å²) in [7, 11) is 0. The largest absolute Gasteiger partial charge is 0.509 e. The van der Waals surface area contributed by atoms with Crippen LogP contribution in [0, 0.1) is 16.7 Å². The van der Waals surface area contributed by atoms with E-state index in [2.05, 4.69) is 0 Å². The average Bonchev–Trinajstić information content (AvgIpc) is 3.21. The van der Waals surface area contributed by atoms with E-state index in [1.165, 1.54) is 13.0 Å². The third-order valence-corrected chi connectivity index (χ3v) is 9.31. The van der Waals surface area contributed by atoms with Crippen molar-refractivity contribution >= 4 is 36.0 Å². The van der Waals surface area contributed by atoms with Crippen molar-refractivity contribution in [1.29, 1.82) is 0 Å². The number of ketones is 2. The fourth-order valence-corrected chi connectivity index (χ4v) is 7.26. The molecule has 0 unspecified atom stereocenters. The van der Waals surface area contributed by atoms with Gasteiger partial charge in [-0.3, -0.25) is 14.4 Å². The molecule has 14 heteroatoms. The van der Waals surface area contributed by atoms with Crippen LogP contribution in [0.3, 0.4) is 0 Å². The van der Waals surface area contributed by atoms with Crippen LogP contribution in [0.5, 0.6) is 0 Å². The van der Waals surface area contributed by atoms with Gasteiger partial charge in [-0.2, -0.15) is 0 Å². The smallest absolute Gasteiger partial charge is 0.462 e. The van der Waals surface area contributed by atoms with Crippen LogP contribution in [0.4, 0.5) is 14.4 Å². The maximum absolute atomic E-state index is 14.9. The first-order valence-electron chi connectivity index (χ1n) is 15.3. The molecule has 2 bridgehead atoms. The van der Waals surface area contributed by atoms with Gasteiger partial charge in [0, 0.05) is 18.8 Å². The van der Waals surface area contributed by atoms with Gasteiger partial charge in [0.25, 0.3) is 0 Å². The monoisotopic (exact) mass is 664 g/mol. The molecule has 0 aromatic heterocycles. The Bertz CT molecular complexity index is 1460. The second kappa shape index (κ2) is 11.3. The van der Waals surface area contributed by atoms with Gasteiger partial charge < -0.3 is 38.3 Å². The third kappa shape index (κ3) is 6.12. The summed E-state index contributed by atoms with van der Waals surface area (Å²) in [5.74, 6) is -4.24. The van der Waals surface area contributed by atoms with Crippen LogP contribution in [0.1, 0.15) is 82.6 Å². The van der Waals surface area contributed by atoms with Crippen molar-refractivity contribution in [2.24, 2.45) is 16.7 Å². The van der Waals surface area contributed by atoms with Crippen molar-refractivity contribution in [3.63, 3.8) is 0 Å². The Hall–Kier alpha value is -3.94. The summed E-state index contributed by atoms with van der Waals surface area (Å²) in [6, 6.07) is 0. The minimum Gasteiger partial charge on any atom is -0.462 e. The molecule has 4 rings (SSSR count). The standard InChI is InChI=1S/C33H44O14/c1-16-18(42-25(37)45-28(3,4)5)14-33-24(44-27(39)47-33)22-31(11,13-12-19(35)32(22,40)15-41-17(2)34)23(36)21(20(16)30(33,9)10)43-26(38)46-29(6,7)8/h12-13,18,21-22,24,40H,14-15H2,1-11H3/t18-,21+,22-,24-,31+,32-,33+/m0/s1. The van der Waals surface area contributed by atoms with Gasteiger partial charge in [-0.05, 0) is 72.6 Å². The van der Waals surface area contributed by atoms with Gasteiger partial charge in [0.15, 0.2) is 35.0 Å².